The van der Waals surface area contributed by atoms with E-state index in [1.165, 1.54) is 18.3 Å². The number of anilines is 1. The van der Waals surface area contributed by atoms with Gasteiger partial charge in [0.05, 0.1) is 24.1 Å². The van der Waals surface area contributed by atoms with Crippen molar-refractivity contribution in [1.82, 2.24) is 3.97 Å². The Labute approximate surface area is 241 Å². The molecule has 2 aliphatic rings. The number of fused-ring (bicyclic) bond motifs is 2. The number of hydrogen-bond acceptors (Lipinski definition) is 10. The molecule has 0 aliphatic carbocycles. The van der Waals surface area contributed by atoms with Crippen LogP contribution in [-0.4, -0.2) is 77.1 Å². The van der Waals surface area contributed by atoms with Crippen LogP contribution >= 0.6 is 0 Å². The van der Waals surface area contributed by atoms with E-state index in [-0.39, 0.29) is 21.5 Å². The molecular weight excluding hydrogens is 564 g/mol. The molecular formula is C30H28N2O9S. The number of nitrogens with zero attached hydrogens (tertiary/aromatic N) is 1. The molecule has 42 heavy (non-hydrogen) atoms. The predicted molar refractivity (Wildman–Crippen MR) is 150 cm³/mol. The molecule has 5 atom stereocenters. The van der Waals surface area contributed by atoms with Gasteiger partial charge in [0.1, 0.15) is 18.3 Å². The number of nitrogens with one attached hydrogen (secondary N) is 1. The van der Waals surface area contributed by atoms with Crippen LogP contribution in [0.25, 0.3) is 10.9 Å². The highest BCUT2D eigenvalue weighted by Gasteiger charge is 2.71. The number of para-hydroxylation sites is 2. The quantitative estimate of drug-likeness (QED) is 0.242. The van der Waals surface area contributed by atoms with E-state index in [9.17, 15) is 33.3 Å². The second-order valence-electron chi connectivity index (χ2n) is 10.5. The van der Waals surface area contributed by atoms with Gasteiger partial charge >= 0.3 is 5.97 Å². The topological polar surface area (TPSA) is 164 Å². The van der Waals surface area contributed by atoms with Gasteiger partial charge in [-0.1, -0.05) is 48.0 Å². The van der Waals surface area contributed by atoms with E-state index >= 15 is 0 Å². The lowest BCUT2D eigenvalue weighted by molar-refractivity contribution is -0.179. The fourth-order valence-corrected chi connectivity index (χ4v) is 7.40. The normalized spacial score (nSPS) is 27.2. The van der Waals surface area contributed by atoms with Crippen molar-refractivity contribution in [3.63, 3.8) is 0 Å². The van der Waals surface area contributed by atoms with Crippen LogP contribution in [0.1, 0.15) is 21.5 Å². The molecule has 218 valence electrons. The minimum absolute atomic E-state index is 0.00222. The van der Waals surface area contributed by atoms with Crippen LogP contribution in [0, 0.1) is 6.92 Å². The summed E-state index contributed by atoms with van der Waals surface area (Å²) in [6, 6.07) is 19.2. The van der Waals surface area contributed by atoms with Crippen molar-refractivity contribution in [2.75, 3.05) is 19.0 Å². The van der Waals surface area contributed by atoms with Crippen LogP contribution in [0.3, 0.4) is 0 Å². The maximum Gasteiger partial charge on any atom is 0.343 e. The standard InChI is InChI=1S/C30H28N2O9S/c1-17-11-13-18(14-12-17)42(38,39)32-15-21(19-7-4-6-10-23(19)32)29(25(34)20-8-3-5-9-22(20)31-29)27-30(37,28(36)40-2)26(35)24(16-33)41-27/h3-15,24,26-27,31,33,35,37H,16H2,1-2H3/t24-,26-,27+,29+,30-/m1/s1. The highest BCUT2D eigenvalue weighted by atomic mass is 32.2. The SMILES string of the molecule is COC(=O)[C@@]1(O)[C@H](O)[C@@H](CO)O[C@H]1[C@@]1(c2cn(S(=O)(=O)c3ccc(C)cc3)c3ccccc23)Nc2ccccc2C1=O. The first-order valence-corrected chi connectivity index (χ1v) is 14.6. The van der Waals surface area contributed by atoms with Gasteiger partial charge in [-0.3, -0.25) is 4.79 Å². The Morgan fingerprint density at radius 3 is 2.40 bits per heavy atom. The van der Waals surface area contributed by atoms with Gasteiger partial charge in [-0.15, -0.1) is 0 Å². The molecule has 12 heteroatoms. The molecule has 0 saturated carbocycles. The Morgan fingerprint density at radius 1 is 1.07 bits per heavy atom. The van der Waals surface area contributed by atoms with Crippen molar-refractivity contribution in [3.05, 3.63) is 95.7 Å². The molecule has 11 nitrogen and oxygen atoms in total. The predicted octanol–water partition coefficient (Wildman–Crippen LogP) is 1.72. The summed E-state index contributed by atoms with van der Waals surface area (Å²) in [4.78, 5) is 27.6. The number of carbonyl (C=O) groups is 2. The van der Waals surface area contributed by atoms with Crippen LogP contribution in [-0.2, 0) is 29.8 Å². The first-order chi connectivity index (χ1) is 20.0. The Hall–Kier alpha value is -4.07. The van der Waals surface area contributed by atoms with Crippen molar-refractivity contribution in [3.8, 4) is 0 Å². The first kappa shape index (κ1) is 28.1. The van der Waals surface area contributed by atoms with Crippen molar-refractivity contribution in [1.29, 1.82) is 0 Å². The van der Waals surface area contributed by atoms with E-state index in [0.717, 1.165) is 16.6 Å². The van der Waals surface area contributed by atoms with Crippen LogP contribution < -0.4 is 5.32 Å². The van der Waals surface area contributed by atoms with E-state index in [1.807, 2.05) is 6.92 Å². The summed E-state index contributed by atoms with van der Waals surface area (Å²) in [7, 11) is -3.21. The monoisotopic (exact) mass is 592 g/mol. The average Bonchev–Trinajstić information content (AvgIpc) is 3.62. The maximum atomic E-state index is 14.5. The summed E-state index contributed by atoms with van der Waals surface area (Å²) < 4.78 is 39.8. The van der Waals surface area contributed by atoms with Crippen LogP contribution in [0.15, 0.2) is 83.9 Å². The number of methoxy groups -OCH3 is 1. The smallest absolute Gasteiger partial charge is 0.343 e. The molecule has 0 radical (unpaired) electrons. The van der Waals surface area contributed by atoms with Crippen LogP contribution in [0.4, 0.5) is 5.69 Å². The first-order valence-electron chi connectivity index (χ1n) is 13.1. The molecule has 2 aliphatic heterocycles. The molecule has 4 aromatic rings. The van der Waals surface area contributed by atoms with Gasteiger partial charge in [0.15, 0.2) is 11.3 Å². The molecule has 3 aromatic carbocycles. The van der Waals surface area contributed by atoms with Crippen LogP contribution in [0.2, 0.25) is 0 Å². The largest absolute Gasteiger partial charge is 0.467 e. The van der Waals surface area contributed by atoms with Gasteiger partial charge in [-0.05, 0) is 37.3 Å². The molecule has 1 saturated heterocycles. The summed E-state index contributed by atoms with van der Waals surface area (Å²) in [5.41, 5.74) is -3.32. The lowest BCUT2D eigenvalue weighted by Crippen LogP contribution is -2.65. The van der Waals surface area contributed by atoms with E-state index < -0.39 is 57.8 Å². The molecule has 0 bridgehead atoms. The molecule has 4 N–H and O–H groups in total. The summed E-state index contributed by atoms with van der Waals surface area (Å²) >= 11 is 0. The number of aryl methyl sites for hydroxylation is 1. The Bertz CT molecular complexity index is 1840. The van der Waals surface area contributed by atoms with Crippen molar-refractivity contribution in [2.45, 2.75) is 41.3 Å². The van der Waals surface area contributed by atoms with E-state index in [2.05, 4.69) is 5.32 Å². The second kappa shape index (κ2) is 9.75. The molecule has 6 rings (SSSR count). The minimum atomic E-state index is -4.21. The van der Waals surface area contributed by atoms with Gasteiger partial charge in [0, 0.05) is 28.4 Å². The van der Waals surface area contributed by atoms with Crippen LogP contribution in [0.5, 0.6) is 0 Å². The number of carbonyl (C=O) groups excluding carboxylic acids is 2. The number of Topliss-reactive ketones (excluding diaryl/α,β-unsaturated/α-hetero) is 1. The van der Waals surface area contributed by atoms with Gasteiger partial charge in [0.2, 0.25) is 5.60 Å². The van der Waals surface area contributed by atoms with Gasteiger partial charge in [0.25, 0.3) is 10.0 Å². The minimum Gasteiger partial charge on any atom is -0.467 e. The molecule has 0 spiro atoms. The average molecular weight is 593 g/mol. The van der Waals surface area contributed by atoms with Crippen molar-refractivity contribution < 1.29 is 42.8 Å². The zero-order valence-corrected chi connectivity index (χ0v) is 23.4. The highest BCUT2D eigenvalue weighted by Crippen LogP contribution is 2.51. The summed E-state index contributed by atoms with van der Waals surface area (Å²) in [5.74, 6) is -1.94. The van der Waals surface area contributed by atoms with E-state index in [1.54, 1.807) is 60.7 Å². The highest BCUT2D eigenvalue weighted by molar-refractivity contribution is 7.90. The lowest BCUT2D eigenvalue weighted by atomic mass is 9.73. The Kier molecular flexibility index (Phi) is 6.52. The lowest BCUT2D eigenvalue weighted by Gasteiger charge is -2.40. The number of rotatable bonds is 6. The van der Waals surface area contributed by atoms with Gasteiger partial charge in [-0.2, -0.15) is 0 Å². The number of esters is 1. The molecule has 0 unspecified atom stereocenters. The summed E-state index contributed by atoms with van der Waals surface area (Å²) in [5, 5.41) is 36.3. The van der Waals surface area contributed by atoms with Crippen molar-refractivity contribution in [2.24, 2.45) is 0 Å². The molecule has 0 amide bonds. The fourth-order valence-electron chi connectivity index (χ4n) is 6.03. The Balaban J connectivity index is 1.67. The third-order valence-corrected chi connectivity index (χ3v) is 9.83. The summed E-state index contributed by atoms with van der Waals surface area (Å²) in [6.45, 7) is 1.04. The number of aliphatic hydroxyl groups excluding tert-OH is 2. The van der Waals surface area contributed by atoms with Gasteiger partial charge < -0.3 is 30.1 Å². The molecule has 3 heterocycles. The Morgan fingerprint density at radius 2 is 1.74 bits per heavy atom. The maximum absolute atomic E-state index is 14.5. The van der Waals surface area contributed by atoms with Crippen molar-refractivity contribution >= 4 is 38.4 Å². The molecule has 1 fully saturated rings. The fraction of sp³-hybridized carbons (Fsp3) is 0.267. The zero-order chi connectivity index (χ0) is 30.0. The summed E-state index contributed by atoms with van der Waals surface area (Å²) in [6.07, 6.45) is -4.07. The number of aromatic nitrogens is 1. The van der Waals surface area contributed by atoms with E-state index in [0.29, 0.717) is 11.1 Å². The third-order valence-electron chi connectivity index (χ3n) is 8.14. The number of ether oxygens (including phenoxy) is 2. The molecule has 1 aromatic heterocycles. The number of benzene rings is 3. The van der Waals surface area contributed by atoms with E-state index in [4.69, 9.17) is 9.47 Å². The number of ketones is 1. The second-order valence-corrected chi connectivity index (χ2v) is 12.3. The third kappa shape index (κ3) is 3.69. The number of aliphatic hydroxyl groups is 3. The zero-order valence-electron chi connectivity index (χ0n) is 22.6. The number of hydrogen-bond donors (Lipinski definition) is 4. The van der Waals surface area contributed by atoms with Gasteiger partial charge in [-0.25, -0.2) is 17.2 Å².